The number of carbonyl (C=O) groups excluding carboxylic acids is 1. The second-order valence-electron chi connectivity index (χ2n) is 5.38. The quantitative estimate of drug-likeness (QED) is 0.863. The average molecular weight is 296 g/mol. The van der Waals surface area contributed by atoms with Crippen molar-refractivity contribution in [2.75, 3.05) is 6.54 Å². The first-order chi connectivity index (χ1) is 10.5. The van der Waals surface area contributed by atoms with Crippen LogP contribution in [0.15, 0.2) is 53.8 Å². The first-order valence-electron chi connectivity index (χ1n) is 7.16. The first kappa shape index (κ1) is 15.8. The largest absolute Gasteiger partial charge is 0.331 e. The molecule has 0 aliphatic carbocycles. The molecule has 0 fully saturated rings. The lowest BCUT2D eigenvalue weighted by molar-refractivity contribution is 0.0762. The number of aryl methyl sites for hydroxylation is 2. The van der Waals surface area contributed by atoms with E-state index in [-0.39, 0.29) is 11.5 Å². The Labute approximate surface area is 130 Å². The molecule has 2 rings (SSSR count). The van der Waals surface area contributed by atoms with Gasteiger partial charge in [-0.2, -0.15) is 0 Å². The molecule has 2 aromatic rings. The maximum absolute atomic E-state index is 12.6. The summed E-state index contributed by atoms with van der Waals surface area (Å²) in [5.41, 5.74) is 3.02. The third-order valence-corrected chi connectivity index (χ3v) is 3.36. The molecule has 1 N–H and O–H groups in total. The number of pyridine rings is 1. The van der Waals surface area contributed by atoms with E-state index >= 15 is 0 Å². The molecule has 0 spiro atoms. The minimum absolute atomic E-state index is 0.172. The molecule has 0 saturated heterocycles. The Bertz CT molecular complexity index is 729. The van der Waals surface area contributed by atoms with Crippen LogP contribution >= 0.6 is 0 Å². The number of carbonyl (C=O) groups is 1. The summed E-state index contributed by atoms with van der Waals surface area (Å²) in [5.74, 6) is -0.172. The monoisotopic (exact) mass is 296 g/mol. The maximum Gasteiger partial charge on any atom is 0.254 e. The molecule has 0 bridgehead atoms. The lowest BCUT2D eigenvalue weighted by Crippen LogP contribution is -2.31. The van der Waals surface area contributed by atoms with Crippen LogP contribution in [0.25, 0.3) is 0 Å². The smallest absolute Gasteiger partial charge is 0.254 e. The van der Waals surface area contributed by atoms with Crippen molar-refractivity contribution in [2.24, 2.45) is 0 Å². The van der Waals surface area contributed by atoms with Crippen molar-refractivity contribution in [1.82, 2.24) is 9.88 Å². The van der Waals surface area contributed by atoms with Crippen LogP contribution in [0.1, 0.15) is 27.2 Å². The molecule has 0 unspecified atom stereocenters. The molecule has 1 heterocycles. The molecule has 4 nitrogen and oxygen atoms in total. The number of hydrogen-bond donors (Lipinski definition) is 1. The van der Waals surface area contributed by atoms with Gasteiger partial charge in [0.2, 0.25) is 5.56 Å². The standard InChI is InChI=1S/C18H20N2O2/c1-4-9-20(12-15-7-5-13(2)6-8-15)18(22)16-10-14(3)19-17(21)11-16/h4-8,10-11H,1,9,12H2,2-3H3,(H,19,21). The predicted octanol–water partition coefficient (Wildman–Crippen LogP) is 2.82. The van der Waals surface area contributed by atoms with E-state index < -0.39 is 0 Å². The highest BCUT2D eigenvalue weighted by Crippen LogP contribution is 2.11. The molecule has 4 heteroatoms. The molecule has 0 aliphatic heterocycles. The Morgan fingerprint density at radius 2 is 1.91 bits per heavy atom. The number of nitrogens with one attached hydrogen (secondary N) is 1. The summed E-state index contributed by atoms with van der Waals surface area (Å²) < 4.78 is 0. The first-order valence-corrected chi connectivity index (χ1v) is 7.16. The van der Waals surface area contributed by atoms with Gasteiger partial charge in [-0.3, -0.25) is 9.59 Å². The summed E-state index contributed by atoms with van der Waals surface area (Å²) in [7, 11) is 0. The van der Waals surface area contributed by atoms with Crippen molar-refractivity contribution in [3.8, 4) is 0 Å². The highest BCUT2D eigenvalue weighted by atomic mass is 16.2. The van der Waals surface area contributed by atoms with Gasteiger partial charge in [0, 0.05) is 30.4 Å². The number of hydrogen-bond acceptors (Lipinski definition) is 2. The third-order valence-electron chi connectivity index (χ3n) is 3.36. The van der Waals surface area contributed by atoms with Crippen molar-refractivity contribution in [3.05, 3.63) is 81.8 Å². The molecule has 1 aromatic heterocycles. The summed E-state index contributed by atoms with van der Waals surface area (Å²) in [6.07, 6.45) is 1.69. The van der Waals surface area contributed by atoms with Crippen LogP contribution in [0.2, 0.25) is 0 Å². The van der Waals surface area contributed by atoms with Crippen molar-refractivity contribution in [1.29, 1.82) is 0 Å². The number of rotatable bonds is 5. The lowest BCUT2D eigenvalue weighted by atomic mass is 10.1. The second kappa shape index (κ2) is 6.89. The van der Waals surface area contributed by atoms with Crippen molar-refractivity contribution in [3.63, 3.8) is 0 Å². The summed E-state index contributed by atoms with van der Waals surface area (Å²) >= 11 is 0. The molecule has 0 radical (unpaired) electrons. The van der Waals surface area contributed by atoms with Gasteiger partial charge in [0.15, 0.2) is 0 Å². The van der Waals surface area contributed by atoms with Crippen molar-refractivity contribution < 1.29 is 4.79 Å². The van der Waals surface area contributed by atoms with E-state index in [2.05, 4.69) is 11.6 Å². The topological polar surface area (TPSA) is 53.2 Å². The SMILES string of the molecule is C=CCN(Cc1ccc(C)cc1)C(=O)c1cc(C)[nH]c(=O)c1. The molecule has 114 valence electrons. The van der Waals surface area contributed by atoms with Gasteiger partial charge in [0.1, 0.15) is 0 Å². The van der Waals surface area contributed by atoms with Gasteiger partial charge in [-0.15, -0.1) is 6.58 Å². The third kappa shape index (κ3) is 3.95. The number of amides is 1. The van der Waals surface area contributed by atoms with E-state index in [4.69, 9.17) is 0 Å². The minimum Gasteiger partial charge on any atom is -0.331 e. The highest BCUT2D eigenvalue weighted by Gasteiger charge is 2.16. The molecule has 22 heavy (non-hydrogen) atoms. The fourth-order valence-electron chi connectivity index (χ4n) is 2.28. The Hall–Kier alpha value is -2.62. The van der Waals surface area contributed by atoms with Crippen LogP contribution in [0.4, 0.5) is 0 Å². The van der Waals surface area contributed by atoms with Crippen molar-refractivity contribution in [2.45, 2.75) is 20.4 Å². The lowest BCUT2D eigenvalue weighted by Gasteiger charge is -2.21. The van der Waals surface area contributed by atoms with Gasteiger partial charge in [-0.1, -0.05) is 35.9 Å². The van der Waals surface area contributed by atoms with Crippen LogP contribution in [0.3, 0.4) is 0 Å². The number of H-pyrrole nitrogens is 1. The summed E-state index contributed by atoms with van der Waals surface area (Å²) in [5, 5.41) is 0. The Balaban J connectivity index is 2.26. The normalized spacial score (nSPS) is 10.3. The van der Waals surface area contributed by atoms with Crippen molar-refractivity contribution >= 4 is 5.91 Å². The zero-order valence-corrected chi connectivity index (χ0v) is 12.9. The van der Waals surface area contributed by atoms with Gasteiger partial charge < -0.3 is 9.88 Å². The van der Waals surface area contributed by atoms with E-state index in [1.807, 2.05) is 31.2 Å². The van der Waals surface area contributed by atoms with Gasteiger partial charge >= 0.3 is 0 Å². The average Bonchev–Trinajstić information content (AvgIpc) is 2.47. The number of aromatic nitrogens is 1. The summed E-state index contributed by atoms with van der Waals surface area (Å²) in [6, 6.07) is 11.1. The molecule has 0 saturated carbocycles. The summed E-state index contributed by atoms with van der Waals surface area (Å²) in [6.45, 7) is 8.40. The number of aromatic amines is 1. The van der Waals surface area contributed by atoms with E-state index in [1.54, 1.807) is 24.0 Å². The molecule has 0 atom stereocenters. The minimum atomic E-state index is -0.266. The fourth-order valence-corrected chi connectivity index (χ4v) is 2.28. The molecule has 1 amide bonds. The van der Waals surface area contributed by atoms with Crippen LogP contribution in [0, 0.1) is 13.8 Å². The van der Waals surface area contributed by atoms with Gasteiger partial charge in [0.25, 0.3) is 5.91 Å². The van der Waals surface area contributed by atoms with Gasteiger partial charge in [-0.05, 0) is 25.5 Å². The van der Waals surface area contributed by atoms with Crippen LogP contribution in [-0.2, 0) is 6.54 Å². The molecule has 0 aliphatic rings. The fraction of sp³-hybridized carbons (Fsp3) is 0.222. The van der Waals surface area contributed by atoms with Gasteiger partial charge in [-0.25, -0.2) is 0 Å². The predicted molar refractivity (Wildman–Crippen MR) is 87.9 cm³/mol. The van der Waals surface area contributed by atoms with E-state index in [0.29, 0.717) is 24.3 Å². The van der Waals surface area contributed by atoms with Crippen LogP contribution in [-0.4, -0.2) is 22.3 Å². The van der Waals surface area contributed by atoms with E-state index in [9.17, 15) is 9.59 Å². The number of nitrogens with zero attached hydrogens (tertiary/aromatic N) is 1. The Morgan fingerprint density at radius 3 is 2.50 bits per heavy atom. The number of benzene rings is 1. The van der Waals surface area contributed by atoms with E-state index in [0.717, 1.165) is 5.56 Å². The Kier molecular flexibility index (Phi) is 4.94. The maximum atomic E-state index is 12.6. The highest BCUT2D eigenvalue weighted by molar-refractivity contribution is 5.94. The molecular formula is C18H20N2O2. The molecule has 1 aromatic carbocycles. The summed E-state index contributed by atoms with van der Waals surface area (Å²) in [4.78, 5) is 28.5. The van der Waals surface area contributed by atoms with Crippen LogP contribution < -0.4 is 5.56 Å². The zero-order chi connectivity index (χ0) is 16.1. The van der Waals surface area contributed by atoms with Crippen LogP contribution in [0.5, 0.6) is 0 Å². The molecular weight excluding hydrogens is 276 g/mol. The zero-order valence-electron chi connectivity index (χ0n) is 12.9. The Morgan fingerprint density at radius 1 is 1.23 bits per heavy atom. The second-order valence-corrected chi connectivity index (χ2v) is 5.38. The van der Waals surface area contributed by atoms with Gasteiger partial charge in [0.05, 0.1) is 0 Å². The van der Waals surface area contributed by atoms with E-state index in [1.165, 1.54) is 11.6 Å².